The second-order valence-electron chi connectivity index (χ2n) is 2.61. The summed E-state index contributed by atoms with van der Waals surface area (Å²) in [5.41, 5.74) is 0. The maximum Gasteiger partial charge on any atom is 0.132 e. The minimum absolute atomic E-state index is 0.622. The molecule has 1 aromatic rings. The Balaban J connectivity index is 2.26. The van der Waals surface area contributed by atoms with E-state index in [4.69, 9.17) is 11.7 Å². The SMILES string of the molecule is [S]Sc1ccnc(C2CC2)n1. The molecular weight excluding hydrogens is 176 g/mol. The van der Waals surface area contributed by atoms with E-state index in [1.807, 2.05) is 6.07 Å². The van der Waals surface area contributed by atoms with Crippen molar-refractivity contribution in [2.75, 3.05) is 0 Å². The van der Waals surface area contributed by atoms with Crippen LogP contribution >= 0.6 is 22.5 Å². The van der Waals surface area contributed by atoms with Crippen molar-refractivity contribution < 1.29 is 0 Å². The van der Waals surface area contributed by atoms with Gasteiger partial charge in [0, 0.05) is 12.1 Å². The normalized spacial score (nSPS) is 16.8. The van der Waals surface area contributed by atoms with E-state index in [-0.39, 0.29) is 0 Å². The lowest BCUT2D eigenvalue weighted by Crippen LogP contribution is -1.91. The lowest BCUT2D eigenvalue weighted by molar-refractivity contribution is 0.879. The van der Waals surface area contributed by atoms with Gasteiger partial charge < -0.3 is 0 Å². The summed E-state index contributed by atoms with van der Waals surface area (Å²) in [4.78, 5) is 8.48. The van der Waals surface area contributed by atoms with Gasteiger partial charge in [0.05, 0.1) is 0 Å². The zero-order valence-corrected chi connectivity index (χ0v) is 7.49. The Kier molecular flexibility index (Phi) is 2.05. The molecule has 1 aliphatic rings. The molecule has 57 valence electrons. The van der Waals surface area contributed by atoms with Gasteiger partial charge in [-0.2, -0.15) is 0 Å². The Morgan fingerprint density at radius 3 is 3.00 bits per heavy atom. The molecule has 1 saturated carbocycles. The monoisotopic (exact) mass is 183 g/mol. The largest absolute Gasteiger partial charge is 0.241 e. The predicted molar refractivity (Wildman–Crippen MR) is 47.5 cm³/mol. The first-order chi connectivity index (χ1) is 5.40. The standard InChI is InChI=1S/C7H7N2S2/c10-11-6-3-4-8-7(9-6)5-1-2-5/h3-5H,1-2H2. The van der Waals surface area contributed by atoms with E-state index in [1.165, 1.54) is 23.6 Å². The predicted octanol–water partition coefficient (Wildman–Crippen LogP) is 2.56. The third-order valence-electron chi connectivity index (χ3n) is 1.68. The van der Waals surface area contributed by atoms with Gasteiger partial charge in [0.25, 0.3) is 0 Å². The molecule has 0 atom stereocenters. The fourth-order valence-corrected chi connectivity index (χ4v) is 1.47. The summed E-state index contributed by atoms with van der Waals surface area (Å²) in [5.74, 6) is 1.59. The molecule has 0 saturated heterocycles. The molecule has 1 heterocycles. The summed E-state index contributed by atoms with van der Waals surface area (Å²) in [5, 5.41) is 0.900. The highest BCUT2D eigenvalue weighted by Gasteiger charge is 2.26. The molecule has 0 spiro atoms. The molecule has 1 aromatic heterocycles. The molecule has 1 radical (unpaired) electrons. The molecule has 0 aromatic carbocycles. The zero-order chi connectivity index (χ0) is 7.68. The quantitative estimate of drug-likeness (QED) is 0.520. The molecule has 0 aliphatic heterocycles. The van der Waals surface area contributed by atoms with Crippen LogP contribution in [-0.4, -0.2) is 9.97 Å². The molecule has 2 nitrogen and oxygen atoms in total. The van der Waals surface area contributed by atoms with E-state index < -0.39 is 0 Å². The van der Waals surface area contributed by atoms with Crippen LogP contribution in [0.25, 0.3) is 0 Å². The molecule has 11 heavy (non-hydrogen) atoms. The molecule has 0 amide bonds. The van der Waals surface area contributed by atoms with Crippen LogP contribution in [0.4, 0.5) is 0 Å². The Bertz CT molecular complexity index is 260. The van der Waals surface area contributed by atoms with Crippen molar-refractivity contribution in [2.45, 2.75) is 23.8 Å². The lowest BCUT2D eigenvalue weighted by Gasteiger charge is -1.96. The Labute approximate surface area is 74.6 Å². The third kappa shape index (κ3) is 1.68. The van der Waals surface area contributed by atoms with Gasteiger partial charge in [-0.05, 0) is 41.4 Å². The number of rotatable bonds is 2. The highest BCUT2D eigenvalue weighted by atomic mass is 33.1. The molecule has 0 unspecified atom stereocenters. The average molecular weight is 183 g/mol. The molecule has 0 N–H and O–H groups in total. The first-order valence-electron chi connectivity index (χ1n) is 3.53. The smallest absolute Gasteiger partial charge is 0.132 e. The number of aromatic nitrogens is 2. The van der Waals surface area contributed by atoms with E-state index >= 15 is 0 Å². The molecule has 2 rings (SSSR count). The number of nitrogens with zero attached hydrogens (tertiary/aromatic N) is 2. The van der Waals surface area contributed by atoms with Crippen molar-refractivity contribution in [1.82, 2.24) is 9.97 Å². The molecule has 4 heteroatoms. The second kappa shape index (κ2) is 3.03. The lowest BCUT2D eigenvalue weighted by atomic mass is 10.4. The van der Waals surface area contributed by atoms with Gasteiger partial charge in [-0.1, -0.05) is 0 Å². The zero-order valence-electron chi connectivity index (χ0n) is 5.86. The number of hydrogen-bond acceptors (Lipinski definition) is 3. The van der Waals surface area contributed by atoms with E-state index in [0.717, 1.165) is 10.9 Å². The first-order valence-corrected chi connectivity index (χ1v) is 5.27. The van der Waals surface area contributed by atoms with Crippen LogP contribution < -0.4 is 0 Å². The Morgan fingerprint density at radius 1 is 1.55 bits per heavy atom. The van der Waals surface area contributed by atoms with Gasteiger partial charge in [0.1, 0.15) is 10.9 Å². The van der Waals surface area contributed by atoms with Crippen molar-refractivity contribution in [3.05, 3.63) is 18.1 Å². The fraction of sp³-hybridized carbons (Fsp3) is 0.429. The third-order valence-corrected chi connectivity index (χ3v) is 2.59. The van der Waals surface area contributed by atoms with Crippen LogP contribution in [0.1, 0.15) is 24.6 Å². The Hall–Kier alpha value is -0.220. The molecule has 0 bridgehead atoms. The van der Waals surface area contributed by atoms with Crippen molar-refractivity contribution in [3.8, 4) is 0 Å². The summed E-state index contributed by atoms with van der Waals surface area (Å²) in [7, 11) is 1.26. The molecule has 1 fully saturated rings. The maximum absolute atomic E-state index is 4.81. The summed E-state index contributed by atoms with van der Waals surface area (Å²) >= 11 is 4.81. The summed E-state index contributed by atoms with van der Waals surface area (Å²) in [6.07, 6.45) is 4.27. The van der Waals surface area contributed by atoms with E-state index in [0.29, 0.717) is 5.92 Å². The van der Waals surface area contributed by atoms with Gasteiger partial charge in [0.2, 0.25) is 0 Å². The average Bonchev–Trinajstić information content (AvgIpc) is 2.87. The second-order valence-corrected chi connectivity index (χ2v) is 3.70. The topological polar surface area (TPSA) is 25.8 Å². The minimum Gasteiger partial charge on any atom is -0.241 e. The van der Waals surface area contributed by atoms with Crippen LogP contribution in [-0.2, 0) is 0 Å². The highest BCUT2D eigenvalue weighted by molar-refractivity contribution is 8.68. The van der Waals surface area contributed by atoms with Crippen LogP contribution in [0.5, 0.6) is 0 Å². The van der Waals surface area contributed by atoms with Crippen LogP contribution in [0.3, 0.4) is 0 Å². The summed E-state index contributed by atoms with van der Waals surface area (Å²) < 4.78 is 0. The van der Waals surface area contributed by atoms with Gasteiger partial charge >= 0.3 is 0 Å². The summed E-state index contributed by atoms with van der Waals surface area (Å²) in [6.45, 7) is 0. The molecule has 1 aliphatic carbocycles. The van der Waals surface area contributed by atoms with Gasteiger partial charge in [0.15, 0.2) is 0 Å². The molecular formula is C7H7N2S2. The van der Waals surface area contributed by atoms with E-state index in [2.05, 4.69) is 9.97 Å². The fourth-order valence-electron chi connectivity index (χ4n) is 0.941. The Morgan fingerprint density at radius 2 is 2.36 bits per heavy atom. The summed E-state index contributed by atoms with van der Waals surface area (Å²) in [6, 6.07) is 1.85. The van der Waals surface area contributed by atoms with Crippen LogP contribution in [0.2, 0.25) is 0 Å². The van der Waals surface area contributed by atoms with Crippen molar-refractivity contribution >= 4 is 22.5 Å². The van der Waals surface area contributed by atoms with Crippen LogP contribution in [0.15, 0.2) is 17.3 Å². The number of hydrogen-bond donors (Lipinski definition) is 0. The van der Waals surface area contributed by atoms with Crippen LogP contribution in [0, 0.1) is 0 Å². The minimum atomic E-state index is 0.622. The van der Waals surface area contributed by atoms with Gasteiger partial charge in [-0.15, -0.1) is 0 Å². The van der Waals surface area contributed by atoms with E-state index in [9.17, 15) is 0 Å². The van der Waals surface area contributed by atoms with Gasteiger partial charge in [-0.25, -0.2) is 9.97 Å². The maximum atomic E-state index is 4.81. The van der Waals surface area contributed by atoms with E-state index in [1.54, 1.807) is 6.20 Å². The van der Waals surface area contributed by atoms with Gasteiger partial charge in [-0.3, -0.25) is 0 Å². The van der Waals surface area contributed by atoms with Crippen molar-refractivity contribution in [3.63, 3.8) is 0 Å². The highest BCUT2D eigenvalue weighted by Crippen LogP contribution is 2.38. The van der Waals surface area contributed by atoms with Crippen molar-refractivity contribution in [2.24, 2.45) is 0 Å². The first kappa shape index (κ1) is 7.43. The van der Waals surface area contributed by atoms with Crippen molar-refractivity contribution in [1.29, 1.82) is 0 Å².